The van der Waals surface area contributed by atoms with Crippen molar-refractivity contribution in [2.24, 2.45) is 0 Å². The SMILES string of the molecule is COc1ccccc1CNc1cc(C=C2CNCS2)ccc1N. The summed E-state index contributed by atoms with van der Waals surface area (Å²) in [5, 5.41) is 6.73. The Labute approximate surface area is 141 Å². The summed E-state index contributed by atoms with van der Waals surface area (Å²) in [6, 6.07) is 14.1. The quantitative estimate of drug-likeness (QED) is 0.734. The first-order valence-corrected chi connectivity index (χ1v) is 8.54. The van der Waals surface area contributed by atoms with E-state index in [0.717, 1.165) is 40.7 Å². The first-order chi connectivity index (χ1) is 11.3. The highest BCUT2D eigenvalue weighted by Crippen LogP contribution is 2.27. The molecule has 0 spiro atoms. The normalized spacial score (nSPS) is 15.8. The van der Waals surface area contributed by atoms with Crippen LogP contribution < -0.4 is 21.1 Å². The van der Waals surface area contributed by atoms with Crippen LogP contribution in [0.1, 0.15) is 11.1 Å². The van der Waals surface area contributed by atoms with E-state index in [9.17, 15) is 0 Å². The lowest BCUT2D eigenvalue weighted by atomic mass is 10.1. The minimum absolute atomic E-state index is 0.671. The number of benzene rings is 2. The molecule has 0 bridgehead atoms. The minimum Gasteiger partial charge on any atom is -0.496 e. The number of nitrogens with two attached hydrogens (primary N) is 1. The average Bonchev–Trinajstić information content (AvgIpc) is 3.08. The molecule has 0 atom stereocenters. The van der Waals surface area contributed by atoms with Gasteiger partial charge >= 0.3 is 0 Å². The fraction of sp³-hybridized carbons (Fsp3) is 0.222. The number of hydrogen-bond donors (Lipinski definition) is 3. The summed E-state index contributed by atoms with van der Waals surface area (Å²) in [5.74, 6) is 1.87. The van der Waals surface area contributed by atoms with E-state index in [2.05, 4.69) is 34.9 Å². The van der Waals surface area contributed by atoms with Crippen LogP contribution in [0.4, 0.5) is 11.4 Å². The number of ether oxygens (including phenoxy) is 1. The van der Waals surface area contributed by atoms with Gasteiger partial charge in [0.15, 0.2) is 0 Å². The monoisotopic (exact) mass is 327 g/mol. The molecule has 120 valence electrons. The number of rotatable bonds is 5. The van der Waals surface area contributed by atoms with E-state index in [0.29, 0.717) is 6.54 Å². The molecule has 0 saturated carbocycles. The van der Waals surface area contributed by atoms with Crippen molar-refractivity contribution in [3.63, 3.8) is 0 Å². The second-order valence-electron chi connectivity index (χ2n) is 5.34. The number of para-hydroxylation sites is 1. The van der Waals surface area contributed by atoms with Gasteiger partial charge in [-0.2, -0.15) is 0 Å². The lowest BCUT2D eigenvalue weighted by Gasteiger charge is -2.13. The Kier molecular flexibility index (Phi) is 5.10. The van der Waals surface area contributed by atoms with Crippen molar-refractivity contribution in [2.45, 2.75) is 6.54 Å². The predicted molar refractivity (Wildman–Crippen MR) is 99.6 cm³/mol. The molecule has 4 N–H and O–H groups in total. The van der Waals surface area contributed by atoms with Crippen molar-refractivity contribution in [1.82, 2.24) is 5.32 Å². The molecule has 0 unspecified atom stereocenters. The molecule has 2 aromatic rings. The van der Waals surface area contributed by atoms with Crippen LogP contribution in [0.15, 0.2) is 47.4 Å². The summed E-state index contributed by atoms with van der Waals surface area (Å²) in [7, 11) is 1.69. The zero-order valence-corrected chi connectivity index (χ0v) is 14.0. The number of hydrogen-bond acceptors (Lipinski definition) is 5. The van der Waals surface area contributed by atoms with E-state index < -0.39 is 0 Å². The third-order valence-corrected chi connectivity index (χ3v) is 4.71. The third kappa shape index (κ3) is 4.00. The van der Waals surface area contributed by atoms with E-state index in [1.807, 2.05) is 36.0 Å². The van der Waals surface area contributed by atoms with Crippen LogP contribution in [-0.4, -0.2) is 19.5 Å². The van der Waals surface area contributed by atoms with Gasteiger partial charge in [-0.05, 0) is 29.8 Å². The number of nitrogen functional groups attached to an aromatic ring is 1. The molecule has 0 amide bonds. The Morgan fingerprint density at radius 1 is 1.30 bits per heavy atom. The first-order valence-electron chi connectivity index (χ1n) is 7.55. The molecular weight excluding hydrogens is 306 g/mol. The number of methoxy groups -OCH3 is 1. The molecule has 5 heteroatoms. The van der Waals surface area contributed by atoms with Gasteiger partial charge in [0.25, 0.3) is 0 Å². The fourth-order valence-electron chi connectivity index (χ4n) is 2.50. The maximum Gasteiger partial charge on any atom is 0.123 e. The summed E-state index contributed by atoms with van der Waals surface area (Å²) in [5.41, 5.74) is 10.1. The standard InChI is InChI=1S/C18H21N3OS/c1-22-18-5-3-2-4-14(18)10-21-17-9-13(6-7-16(17)19)8-15-11-20-12-23-15/h2-9,20-21H,10-12,19H2,1H3. The Morgan fingerprint density at radius 3 is 2.96 bits per heavy atom. The maximum absolute atomic E-state index is 6.10. The minimum atomic E-state index is 0.671. The van der Waals surface area contributed by atoms with Crippen molar-refractivity contribution in [2.75, 3.05) is 30.6 Å². The molecular formula is C18H21N3OS. The van der Waals surface area contributed by atoms with Crippen molar-refractivity contribution in [3.05, 3.63) is 58.5 Å². The summed E-state index contributed by atoms with van der Waals surface area (Å²) in [6.07, 6.45) is 2.21. The molecule has 1 aliphatic heterocycles. The maximum atomic E-state index is 6.10. The van der Waals surface area contributed by atoms with Crippen LogP contribution in [0.2, 0.25) is 0 Å². The molecule has 4 nitrogen and oxygen atoms in total. The number of thioether (sulfide) groups is 1. The second-order valence-corrected chi connectivity index (χ2v) is 6.44. The highest BCUT2D eigenvalue weighted by Gasteiger charge is 2.07. The molecule has 3 rings (SSSR count). The van der Waals surface area contributed by atoms with E-state index >= 15 is 0 Å². The molecule has 23 heavy (non-hydrogen) atoms. The Hall–Kier alpha value is -2.11. The van der Waals surface area contributed by atoms with Gasteiger partial charge in [0.05, 0.1) is 18.5 Å². The van der Waals surface area contributed by atoms with Crippen LogP contribution in [0.3, 0.4) is 0 Å². The Balaban J connectivity index is 1.75. The Bertz CT molecular complexity index is 707. The largest absolute Gasteiger partial charge is 0.496 e. The van der Waals surface area contributed by atoms with Crippen LogP contribution in [0.25, 0.3) is 6.08 Å². The van der Waals surface area contributed by atoms with Crippen LogP contribution in [0.5, 0.6) is 5.75 Å². The summed E-state index contributed by atoms with van der Waals surface area (Å²) < 4.78 is 5.39. The van der Waals surface area contributed by atoms with Crippen molar-refractivity contribution in [3.8, 4) is 5.75 Å². The van der Waals surface area contributed by atoms with Crippen molar-refractivity contribution >= 4 is 29.2 Å². The van der Waals surface area contributed by atoms with Gasteiger partial charge in [-0.3, -0.25) is 0 Å². The lowest BCUT2D eigenvalue weighted by Crippen LogP contribution is -2.05. The Morgan fingerprint density at radius 2 is 2.17 bits per heavy atom. The van der Waals surface area contributed by atoms with Gasteiger partial charge in [0.2, 0.25) is 0 Å². The summed E-state index contributed by atoms with van der Waals surface area (Å²) in [6.45, 7) is 1.61. The van der Waals surface area contributed by atoms with Crippen LogP contribution in [0, 0.1) is 0 Å². The highest BCUT2D eigenvalue weighted by atomic mass is 32.2. The summed E-state index contributed by atoms with van der Waals surface area (Å²) >= 11 is 1.84. The fourth-order valence-corrected chi connectivity index (χ4v) is 3.32. The summed E-state index contributed by atoms with van der Waals surface area (Å²) in [4.78, 5) is 1.35. The van der Waals surface area contributed by atoms with Gasteiger partial charge in [-0.1, -0.05) is 24.3 Å². The second kappa shape index (κ2) is 7.44. The topological polar surface area (TPSA) is 59.3 Å². The number of nitrogens with one attached hydrogen (secondary N) is 2. The van der Waals surface area contributed by atoms with E-state index in [1.165, 1.54) is 4.91 Å². The molecule has 0 aromatic heterocycles. The molecule has 2 aromatic carbocycles. The van der Waals surface area contributed by atoms with E-state index in [1.54, 1.807) is 7.11 Å². The van der Waals surface area contributed by atoms with Gasteiger partial charge in [-0.15, -0.1) is 11.8 Å². The van der Waals surface area contributed by atoms with Crippen LogP contribution in [-0.2, 0) is 6.54 Å². The first kappa shape index (κ1) is 15.8. The zero-order chi connectivity index (χ0) is 16.1. The van der Waals surface area contributed by atoms with Gasteiger partial charge < -0.3 is 21.1 Å². The third-order valence-electron chi connectivity index (χ3n) is 3.73. The zero-order valence-electron chi connectivity index (χ0n) is 13.1. The van der Waals surface area contributed by atoms with Crippen molar-refractivity contribution in [1.29, 1.82) is 0 Å². The van der Waals surface area contributed by atoms with Crippen LogP contribution >= 0.6 is 11.8 Å². The van der Waals surface area contributed by atoms with Crippen molar-refractivity contribution < 1.29 is 4.74 Å². The van der Waals surface area contributed by atoms with E-state index in [-0.39, 0.29) is 0 Å². The number of anilines is 2. The molecule has 1 heterocycles. The lowest BCUT2D eigenvalue weighted by molar-refractivity contribution is 0.410. The van der Waals surface area contributed by atoms with Gasteiger partial charge in [0.1, 0.15) is 5.75 Å². The molecule has 0 aliphatic carbocycles. The molecule has 1 fully saturated rings. The smallest absolute Gasteiger partial charge is 0.123 e. The molecule has 1 saturated heterocycles. The predicted octanol–water partition coefficient (Wildman–Crippen LogP) is 3.52. The average molecular weight is 327 g/mol. The van der Waals surface area contributed by atoms with Gasteiger partial charge in [-0.25, -0.2) is 0 Å². The molecule has 1 aliphatic rings. The van der Waals surface area contributed by atoms with E-state index in [4.69, 9.17) is 10.5 Å². The van der Waals surface area contributed by atoms with Gasteiger partial charge in [0, 0.05) is 29.4 Å². The highest BCUT2D eigenvalue weighted by molar-refractivity contribution is 8.03. The molecule has 0 radical (unpaired) electrons.